The van der Waals surface area contributed by atoms with Crippen molar-refractivity contribution in [3.63, 3.8) is 0 Å². The van der Waals surface area contributed by atoms with Crippen molar-refractivity contribution < 1.29 is 14.2 Å². The van der Waals surface area contributed by atoms with Crippen LogP contribution in [0.3, 0.4) is 0 Å². The highest BCUT2D eigenvalue weighted by Gasteiger charge is 2.20. The zero-order valence-electron chi connectivity index (χ0n) is 14.1. The lowest BCUT2D eigenvalue weighted by Crippen LogP contribution is -2.28. The predicted octanol–water partition coefficient (Wildman–Crippen LogP) is 3.96. The molecule has 0 bridgehead atoms. The van der Waals surface area contributed by atoms with Crippen molar-refractivity contribution >= 4 is 0 Å². The van der Waals surface area contributed by atoms with Crippen molar-refractivity contribution in [1.29, 1.82) is 0 Å². The van der Waals surface area contributed by atoms with Gasteiger partial charge < -0.3 is 14.2 Å². The van der Waals surface area contributed by atoms with E-state index in [1.807, 2.05) is 38.1 Å². The maximum atomic E-state index is 5.55. The molecule has 1 fully saturated rings. The van der Waals surface area contributed by atoms with E-state index >= 15 is 0 Å². The fourth-order valence-electron chi connectivity index (χ4n) is 2.58. The van der Waals surface area contributed by atoms with Gasteiger partial charge in [0.2, 0.25) is 0 Å². The average molecular weight is 322 g/mol. The van der Waals surface area contributed by atoms with E-state index in [0.717, 1.165) is 16.9 Å². The van der Waals surface area contributed by atoms with E-state index in [1.54, 1.807) is 0 Å². The molecule has 0 atom stereocenters. The topological polar surface area (TPSA) is 27.7 Å². The van der Waals surface area contributed by atoms with Crippen molar-refractivity contribution in [2.24, 2.45) is 0 Å². The van der Waals surface area contributed by atoms with Crippen LogP contribution in [0.15, 0.2) is 48.5 Å². The quantitative estimate of drug-likeness (QED) is 0.801. The third-order valence-electron chi connectivity index (χ3n) is 3.96. The van der Waals surface area contributed by atoms with Crippen molar-refractivity contribution in [3.05, 3.63) is 65.2 Å². The third-order valence-corrected chi connectivity index (χ3v) is 3.96. The molecule has 0 spiro atoms. The Morgan fingerprint density at radius 1 is 0.917 bits per heavy atom. The van der Waals surface area contributed by atoms with Crippen LogP contribution in [-0.2, 0) is 9.47 Å². The zero-order valence-corrected chi connectivity index (χ0v) is 14.1. The van der Waals surface area contributed by atoms with Gasteiger partial charge in [-0.1, -0.05) is 24.0 Å². The molecule has 24 heavy (non-hydrogen) atoms. The molecule has 3 nitrogen and oxygen atoms in total. The van der Waals surface area contributed by atoms with Crippen molar-refractivity contribution in [1.82, 2.24) is 0 Å². The highest BCUT2D eigenvalue weighted by atomic mass is 16.7. The maximum Gasteiger partial charge on any atom is 0.154 e. The van der Waals surface area contributed by atoms with Gasteiger partial charge in [-0.15, -0.1) is 0 Å². The Morgan fingerprint density at radius 3 is 2.00 bits per heavy atom. The highest BCUT2D eigenvalue weighted by molar-refractivity contribution is 5.45. The lowest BCUT2D eigenvalue weighted by atomic mass is 9.99. The minimum Gasteiger partial charge on any atom is -0.494 e. The molecule has 3 rings (SSSR count). The van der Waals surface area contributed by atoms with Crippen molar-refractivity contribution in [3.8, 4) is 17.6 Å². The van der Waals surface area contributed by atoms with Gasteiger partial charge in [-0.3, -0.25) is 0 Å². The van der Waals surface area contributed by atoms with Crippen LogP contribution in [0.5, 0.6) is 5.75 Å². The number of rotatable bonds is 3. The van der Waals surface area contributed by atoms with E-state index in [1.165, 1.54) is 5.56 Å². The highest BCUT2D eigenvalue weighted by Crippen LogP contribution is 2.22. The van der Waals surface area contributed by atoms with Gasteiger partial charge in [0.1, 0.15) is 5.75 Å². The molecule has 1 heterocycles. The van der Waals surface area contributed by atoms with Gasteiger partial charge in [0.05, 0.1) is 19.8 Å². The SMILES string of the molecule is CCOc1ccc(C#Cc2ccc(C3COC(C)OC3)cc2)cc1. The summed E-state index contributed by atoms with van der Waals surface area (Å²) in [6.45, 7) is 5.99. The summed E-state index contributed by atoms with van der Waals surface area (Å²) in [4.78, 5) is 0. The lowest BCUT2D eigenvalue weighted by molar-refractivity contribution is -0.176. The summed E-state index contributed by atoms with van der Waals surface area (Å²) in [5, 5.41) is 0. The first-order chi connectivity index (χ1) is 11.7. The zero-order chi connectivity index (χ0) is 16.8. The largest absolute Gasteiger partial charge is 0.494 e. The predicted molar refractivity (Wildman–Crippen MR) is 94.1 cm³/mol. The van der Waals surface area contributed by atoms with Crippen LogP contribution in [0.4, 0.5) is 0 Å². The molecule has 1 aliphatic rings. The Balaban J connectivity index is 1.64. The van der Waals surface area contributed by atoms with Crippen LogP contribution in [0.25, 0.3) is 0 Å². The second-order valence-electron chi connectivity index (χ2n) is 5.76. The van der Waals surface area contributed by atoms with Crippen molar-refractivity contribution in [2.45, 2.75) is 26.1 Å². The molecule has 3 heteroatoms. The molecule has 2 aromatic carbocycles. The van der Waals surface area contributed by atoms with Gasteiger partial charge in [-0.25, -0.2) is 0 Å². The van der Waals surface area contributed by atoms with Crippen LogP contribution < -0.4 is 4.74 Å². The van der Waals surface area contributed by atoms with Crippen LogP contribution >= 0.6 is 0 Å². The van der Waals surface area contributed by atoms with E-state index in [2.05, 4.69) is 36.1 Å². The first-order valence-electron chi connectivity index (χ1n) is 8.32. The van der Waals surface area contributed by atoms with E-state index in [4.69, 9.17) is 14.2 Å². The van der Waals surface area contributed by atoms with E-state index in [9.17, 15) is 0 Å². The molecule has 0 unspecified atom stereocenters. The van der Waals surface area contributed by atoms with Crippen LogP contribution in [0, 0.1) is 11.8 Å². The van der Waals surface area contributed by atoms with Gasteiger partial charge in [-0.05, 0) is 55.8 Å². The number of hydrogen-bond donors (Lipinski definition) is 0. The summed E-state index contributed by atoms with van der Waals surface area (Å²) in [5.41, 5.74) is 3.21. The molecular formula is C21H22O3. The van der Waals surface area contributed by atoms with Crippen LogP contribution in [0.2, 0.25) is 0 Å². The minimum atomic E-state index is -0.0968. The summed E-state index contributed by atoms with van der Waals surface area (Å²) in [5.74, 6) is 7.55. The Hall–Kier alpha value is -2.28. The maximum absolute atomic E-state index is 5.55. The smallest absolute Gasteiger partial charge is 0.154 e. The summed E-state index contributed by atoms with van der Waals surface area (Å²) >= 11 is 0. The van der Waals surface area contributed by atoms with Gasteiger partial charge in [0.25, 0.3) is 0 Å². The molecule has 2 aromatic rings. The Kier molecular flexibility index (Phi) is 5.53. The van der Waals surface area contributed by atoms with E-state index < -0.39 is 0 Å². The standard InChI is InChI=1S/C21H22O3/c1-3-22-21-12-8-18(9-13-21)5-4-17-6-10-19(11-7-17)20-14-23-16(2)24-15-20/h6-13,16,20H,3,14-15H2,1-2H3. The van der Waals surface area contributed by atoms with Gasteiger partial charge >= 0.3 is 0 Å². The van der Waals surface area contributed by atoms with E-state index in [-0.39, 0.29) is 6.29 Å². The van der Waals surface area contributed by atoms with Gasteiger partial charge in [0.15, 0.2) is 6.29 Å². The summed E-state index contributed by atoms with van der Waals surface area (Å²) in [6.07, 6.45) is -0.0968. The van der Waals surface area contributed by atoms with Gasteiger partial charge in [0, 0.05) is 17.0 Å². The molecule has 0 aromatic heterocycles. The number of hydrogen-bond acceptors (Lipinski definition) is 3. The molecule has 0 saturated carbocycles. The molecule has 124 valence electrons. The van der Waals surface area contributed by atoms with Crippen LogP contribution in [0.1, 0.15) is 36.5 Å². The lowest BCUT2D eigenvalue weighted by Gasteiger charge is -2.27. The fourth-order valence-corrected chi connectivity index (χ4v) is 2.58. The molecule has 0 aliphatic carbocycles. The third kappa shape index (κ3) is 4.38. The van der Waals surface area contributed by atoms with E-state index in [0.29, 0.717) is 25.7 Å². The van der Waals surface area contributed by atoms with Crippen LogP contribution in [-0.4, -0.2) is 26.1 Å². The second-order valence-corrected chi connectivity index (χ2v) is 5.76. The Labute approximate surface area is 143 Å². The Morgan fingerprint density at radius 2 is 1.46 bits per heavy atom. The molecule has 0 radical (unpaired) electrons. The fraction of sp³-hybridized carbons (Fsp3) is 0.333. The first kappa shape index (κ1) is 16.6. The summed E-state index contributed by atoms with van der Waals surface area (Å²) in [7, 11) is 0. The molecular weight excluding hydrogens is 300 g/mol. The first-order valence-corrected chi connectivity index (χ1v) is 8.32. The summed E-state index contributed by atoms with van der Waals surface area (Å²) < 4.78 is 16.5. The Bertz CT molecular complexity index is 699. The molecule has 0 amide bonds. The molecule has 1 saturated heterocycles. The number of benzene rings is 2. The second kappa shape index (κ2) is 8.01. The average Bonchev–Trinajstić information content (AvgIpc) is 2.63. The monoisotopic (exact) mass is 322 g/mol. The van der Waals surface area contributed by atoms with Gasteiger partial charge in [-0.2, -0.15) is 0 Å². The van der Waals surface area contributed by atoms with Crippen molar-refractivity contribution in [2.75, 3.05) is 19.8 Å². The normalized spacial score (nSPS) is 20.1. The molecule has 1 aliphatic heterocycles. The number of ether oxygens (including phenoxy) is 3. The summed E-state index contributed by atoms with van der Waals surface area (Å²) in [6, 6.07) is 16.2. The molecule has 0 N–H and O–H groups in total. The minimum absolute atomic E-state index is 0.0968.